The summed E-state index contributed by atoms with van der Waals surface area (Å²) < 4.78 is 5.37. The molecule has 0 radical (unpaired) electrons. The van der Waals surface area contributed by atoms with E-state index in [4.69, 9.17) is 9.78 Å². The molecule has 0 aliphatic carbocycles. The van der Waals surface area contributed by atoms with Crippen LogP contribution in [-0.2, 0) is 9.59 Å². The molecule has 38 heavy (non-hydrogen) atoms. The summed E-state index contributed by atoms with van der Waals surface area (Å²) in [5.41, 5.74) is 2.06. The van der Waals surface area contributed by atoms with Crippen molar-refractivity contribution >= 4 is 51.7 Å². The summed E-state index contributed by atoms with van der Waals surface area (Å²) in [4.78, 5) is 48.6. The van der Waals surface area contributed by atoms with Gasteiger partial charge in [-0.3, -0.25) is 14.4 Å². The van der Waals surface area contributed by atoms with Crippen molar-refractivity contribution in [1.29, 1.82) is 5.26 Å². The minimum absolute atomic E-state index is 0.0206. The molecule has 4 N–H and O–H groups in total. The molecule has 1 aromatic heterocycles. The van der Waals surface area contributed by atoms with Gasteiger partial charge in [0, 0.05) is 30.7 Å². The highest BCUT2D eigenvalue weighted by Crippen LogP contribution is 2.35. The van der Waals surface area contributed by atoms with Gasteiger partial charge in [-0.05, 0) is 42.0 Å². The van der Waals surface area contributed by atoms with Crippen LogP contribution in [0.3, 0.4) is 0 Å². The van der Waals surface area contributed by atoms with Crippen LogP contribution in [0, 0.1) is 11.3 Å². The standard InChI is InChI=1S/C27H21N5O6/c1-3-24(34)30-22-12-23-20(11-18(22)16-5-4-6-17(10-16)29-14(2)33)25(32-38-23)26(35)31-21-8-7-15(13-28)9-19(21)27(36)37/h4-12H,3H2,1-2H3,(H,29,33)(H,30,34)(H,31,35)(H,36,37). The van der Waals surface area contributed by atoms with Gasteiger partial charge in [0.1, 0.15) is 0 Å². The van der Waals surface area contributed by atoms with Crippen molar-refractivity contribution in [3.05, 3.63) is 71.4 Å². The van der Waals surface area contributed by atoms with Crippen LogP contribution in [0.1, 0.15) is 46.7 Å². The lowest BCUT2D eigenvalue weighted by molar-refractivity contribution is -0.116. The van der Waals surface area contributed by atoms with Crippen molar-refractivity contribution in [2.45, 2.75) is 20.3 Å². The molecule has 1 heterocycles. The van der Waals surface area contributed by atoms with E-state index in [2.05, 4.69) is 21.1 Å². The first-order chi connectivity index (χ1) is 18.2. The molecule has 4 rings (SSSR count). The molecule has 0 fully saturated rings. The van der Waals surface area contributed by atoms with Crippen molar-refractivity contribution in [3.8, 4) is 17.2 Å². The van der Waals surface area contributed by atoms with E-state index in [1.165, 1.54) is 25.1 Å². The van der Waals surface area contributed by atoms with Crippen molar-refractivity contribution in [2.75, 3.05) is 16.0 Å². The van der Waals surface area contributed by atoms with Gasteiger partial charge < -0.3 is 25.6 Å². The number of fused-ring (bicyclic) bond motifs is 1. The van der Waals surface area contributed by atoms with Gasteiger partial charge in [0.25, 0.3) is 5.91 Å². The molecule has 0 aliphatic heterocycles. The number of nitrogens with zero attached hydrogens (tertiary/aromatic N) is 2. The molecule has 0 unspecified atom stereocenters. The number of amides is 3. The van der Waals surface area contributed by atoms with Gasteiger partial charge in [-0.1, -0.05) is 24.2 Å². The highest BCUT2D eigenvalue weighted by atomic mass is 16.5. The average Bonchev–Trinajstić information content (AvgIpc) is 3.31. The lowest BCUT2D eigenvalue weighted by atomic mass is 10.00. The zero-order chi connectivity index (χ0) is 27.4. The summed E-state index contributed by atoms with van der Waals surface area (Å²) in [6.07, 6.45) is 0.226. The van der Waals surface area contributed by atoms with Gasteiger partial charge in [0.05, 0.1) is 34.0 Å². The molecule has 3 amide bonds. The van der Waals surface area contributed by atoms with Crippen molar-refractivity contribution in [1.82, 2.24) is 5.16 Å². The monoisotopic (exact) mass is 511 g/mol. The number of hydrogen-bond donors (Lipinski definition) is 4. The smallest absolute Gasteiger partial charge is 0.337 e. The Kier molecular flexibility index (Phi) is 7.16. The third kappa shape index (κ3) is 5.34. The number of anilines is 3. The van der Waals surface area contributed by atoms with E-state index in [0.29, 0.717) is 27.9 Å². The number of hydrogen-bond acceptors (Lipinski definition) is 7. The summed E-state index contributed by atoms with van der Waals surface area (Å²) in [5, 5.41) is 30.8. The van der Waals surface area contributed by atoms with Gasteiger partial charge in [-0.25, -0.2) is 4.79 Å². The number of carboxylic acid groups (broad SMARTS) is 1. The summed E-state index contributed by atoms with van der Waals surface area (Å²) >= 11 is 0. The quantitative estimate of drug-likeness (QED) is 0.278. The van der Waals surface area contributed by atoms with Crippen LogP contribution >= 0.6 is 0 Å². The summed E-state index contributed by atoms with van der Waals surface area (Å²) in [7, 11) is 0. The Balaban J connectivity index is 1.80. The van der Waals surface area contributed by atoms with Gasteiger partial charge in [-0.15, -0.1) is 0 Å². The van der Waals surface area contributed by atoms with Crippen molar-refractivity contribution in [3.63, 3.8) is 0 Å². The summed E-state index contributed by atoms with van der Waals surface area (Å²) in [5.74, 6) is -2.55. The van der Waals surface area contributed by atoms with Gasteiger partial charge >= 0.3 is 5.97 Å². The summed E-state index contributed by atoms with van der Waals surface area (Å²) in [6.45, 7) is 3.09. The van der Waals surface area contributed by atoms with Crippen LogP contribution in [0.4, 0.5) is 17.1 Å². The number of nitriles is 1. The second-order valence-corrected chi connectivity index (χ2v) is 8.22. The van der Waals surface area contributed by atoms with E-state index < -0.39 is 11.9 Å². The molecule has 0 aliphatic rings. The van der Waals surface area contributed by atoms with Gasteiger partial charge in [-0.2, -0.15) is 5.26 Å². The molecule has 11 nitrogen and oxygen atoms in total. The minimum Gasteiger partial charge on any atom is -0.478 e. The predicted octanol–water partition coefficient (Wildman–Crippen LogP) is 4.62. The molecule has 4 aromatic rings. The second-order valence-electron chi connectivity index (χ2n) is 8.22. The first-order valence-electron chi connectivity index (χ1n) is 11.4. The molecular formula is C27H21N5O6. The lowest BCUT2D eigenvalue weighted by Gasteiger charge is -2.13. The normalized spacial score (nSPS) is 10.4. The molecular weight excluding hydrogens is 490 g/mol. The first-order valence-corrected chi connectivity index (χ1v) is 11.4. The molecule has 3 aromatic carbocycles. The van der Waals surface area contributed by atoms with E-state index in [1.807, 2.05) is 6.07 Å². The van der Waals surface area contributed by atoms with Gasteiger partial charge in [0.15, 0.2) is 11.3 Å². The Bertz CT molecular complexity index is 1650. The summed E-state index contributed by atoms with van der Waals surface area (Å²) in [6, 6.07) is 15.8. The number of carboxylic acids is 1. The fourth-order valence-corrected chi connectivity index (χ4v) is 3.78. The van der Waals surface area contributed by atoms with E-state index in [9.17, 15) is 24.3 Å². The van der Waals surface area contributed by atoms with Crippen LogP contribution < -0.4 is 16.0 Å². The molecule has 0 bridgehead atoms. The number of carbonyl (C=O) groups excluding carboxylic acids is 3. The highest BCUT2D eigenvalue weighted by molar-refractivity contribution is 6.14. The zero-order valence-electron chi connectivity index (χ0n) is 20.3. The molecule has 0 spiro atoms. The minimum atomic E-state index is -1.32. The number of benzene rings is 3. The van der Waals surface area contributed by atoms with Crippen LogP contribution in [0.5, 0.6) is 0 Å². The molecule has 0 atom stereocenters. The molecule has 190 valence electrons. The maximum Gasteiger partial charge on any atom is 0.337 e. The third-order valence-corrected chi connectivity index (χ3v) is 5.54. The Morgan fingerprint density at radius 3 is 2.47 bits per heavy atom. The molecule has 0 saturated heterocycles. The Morgan fingerprint density at radius 1 is 1.00 bits per heavy atom. The van der Waals surface area contributed by atoms with E-state index in [-0.39, 0.29) is 46.3 Å². The number of aromatic nitrogens is 1. The van der Waals surface area contributed by atoms with E-state index in [1.54, 1.807) is 37.3 Å². The van der Waals surface area contributed by atoms with Gasteiger partial charge in [0.2, 0.25) is 11.8 Å². The average molecular weight is 511 g/mol. The van der Waals surface area contributed by atoms with Crippen LogP contribution in [0.2, 0.25) is 0 Å². The highest BCUT2D eigenvalue weighted by Gasteiger charge is 2.22. The van der Waals surface area contributed by atoms with Crippen molar-refractivity contribution < 1.29 is 28.8 Å². The van der Waals surface area contributed by atoms with Crippen LogP contribution in [0.25, 0.3) is 22.1 Å². The Hall–Kier alpha value is -5.50. The predicted molar refractivity (Wildman–Crippen MR) is 139 cm³/mol. The number of aromatic carboxylic acids is 1. The van der Waals surface area contributed by atoms with Crippen LogP contribution in [0.15, 0.2) is 59.1 Å². The number of nitrogens with one attached hydrogen (secondary N) is 3. The fourth-order valence-electron chi connectivity index (χ4n) is 3.78. The Labute approximate surface area is 216 Å². The second kappa shape index (κ2) is 10.6. The first kappa shape index (κ1) is 25.6. The van der Waals surface area contributed by atoms with Crippen LogP contribution in [-0.4, -0.2) is 34.0 Å². The Morgan fingerprint density at radius 2 is 1.79 bits per heavy atom. The maximum atomic E-state index is 13.1. The largest absolute Gasteiger partial charge is 0.478 e. The third-order valence-electron chi connectivity index (χ3n) is 5.54. The SMILES string of the molecule is CCC(=O)Nc1cc2onc(C(=O)Nc3ccc(C#N)cc3C(=O)O)c2cc1-c1cccc(NC(C)=O)c1. The van der Waals surface area contributed by atoms with E-state index in [0.717, 1.165) is 6.07 Å². The fraction of sp³-hybridized carbons (Fsp3) is 0.111. The number of rotatable bonds is 7. The number of carbonyl (C=O) groups is 4. The van der Waals surface area contributed by atoms with Crippen molar-refractivity contribution in [2.24, 2.45) is 0 Å². The maximum absolute atomic E-state index is 13.1. The molecule has 11 heteroatoms. The topological polar surface area (TPSA) is 174 Å². The van der Waals surface area contributed by atoms with E-state index >= 15 is 0 Å². The molecule has 0 saturated carbocycles. The zero-order valence-corrected chi connectivity index (χ0v) is 20.3. The lowest BCUT2D eigenvalue weighted by Crippen LogP contribution is -2.15.